The van der Waals surface area contributed by atoms with E-state index in [1.165, 1.54) is 12.8 Å². The standard InChI is InChI=1S/C11H18ClN5S/c1-3-6-13-9-15-8(12)16-10(17-9)14-7-11(18-2)4-5-11/h3-7H2,1-2H3,(H2,13,14,15,16,17). The maximum atomic E-state index is 5.88. The van der Waals surface area contributed by atoms with Gasteiger partial charge in [0.15, 0.2) is 0 Å². The van der Waals surface area contributed by atoms with Crippen LogP contribution in [-0.2, 0) is 0 Å². The Bertz CT molecular complexity index is 410. The zero-order valence-corrected chi connectivity index (χ0v) is 12.2. The van der Waals surface area contributed by atoms with E-state index in [1.54, 1.807) is 0 Å². The first-order valence-electron chi connectivity index (χ1n) is 6.12. The Morgan fingerprint density at radius 3 is 2.44 bits per heavy atom. The molecule has 1 aromatic rings. The van der Waals surface area contributed by atoms with Crippen molar-refractivity contribution in [2.75, 3.05) is 30.0 Å². The summed E-state index contributed by atoms with van der Waals surface area (Å²) in [5, 5.41) is 6.58. The molecule has 0 unspecified atom stereocenters. The van der Waals surface area contributed by atoms with Gasteiger partial charge in [-0.05, 0) is 37.1 Å². The van der Waals surface area contributed by atoms with Crippen molar-refractivity contribution < 1.29 is 0 Å². The van der Waals surface area contributed by atoms with Crippen LogP contribution < -0.4 is 10.6 Å². The van der Waals surface area contributed by atoms with Crippen molar-refractivity contribution in [3.8, 4) is 0 Å². The molecule has 2 rings (SSSR count). The third-order valence-corrected chi connectivity index (χ3v) is 4.54. The van der Waals surface area contributed by atoms with Crippen LogP contribution in [0, 0.1) is 0 Å². The quantitative estimate of drug-likeness (QED) is 0.804. The fourth-order valence-electron chi connectivity index (χ4n) is 1.58. The van der Waals surface area contributed by atoms with E-state index < -0.39 is 0 Å². The van der Waals surface area contributed by atoms with E-state index in [0.29, 0.717) is 16.6 Å². The third-order valence-electron chi connectivity index (χ3n) is 2.95. The Morgan fingerprint density at radius 1 is 1.22 bits per heavy atom. The van der Waals surface area contributed by atoms with Gasteiger partial charge in [0, 0.05) is 17.8 Å². The van der Waals surface area contributed by atoms with Gasteiger partial charge in [-0.3, -0.25) is 0 Å². The summed E-state index contributed by atoms with van der Waals surface area (Å²) >= 11 is 7.78. The van der Waals surface area contributed by atoms with Crippen molar-refractivity contribution in [1.82, 2.24) is 15.0 Å². The van der Waals surface area contributed by atoms with Gasteiger partial charge >= 0.3 is 0 Å². The molecule has 0 amide bonds. The fourth-order valence-corrected chi connectivity index (χ4v) is 2.46. The highest BCUT2D eigenvalue weighted by Gasteiger charge is 2.41. The second-order valence-electron chi connectivity index (χ2n) is 4.42. The molecule has 0 aliphatic heterocycles. The molecular formula is C11H18ClN5S. The van der Waals surface area contributed by atoms with E-state index in [0.717, 1.165) is 19.5 Å². The van der Waals surface area contributed by atoms with Gasteiger partial charge < -0.3 is 10.6 Å². The number of hydrogen-bond acceptors (Lipinski definition) is 6. The molecule has 1 heterocycles. The number of nitrogens with one attached hydrogen (secondary N) is 2. The Balaban J connectivity index is 1.96. The highest BCUT2D eigenvalue weighted by atomic mass is 35.5. The van der Waals surface area contributed by atoms with Crippen LogP contribution in [0.25, 0.3) is 0 Å². The van der Waals surface area contributed by atoms with Gasteiger partial charge in [0.05, 0.1) is 0 Å². The van der Waals surface area contributed by atoms with Crippen molar-refractivity contribution in [1.29, 1.82) is 0 Å². The summed E-state index contributed by atoms with van der Waals surface area (Å²) in [7, 11) is 0. The monoisotopic (exact) mass is 287 g/mol. The lowest BCUT2D eigenvalue weighted by atomic mass is 10.4. The topological polar surface area (TPSA) is 62.7 Å². The van der Waals surface area contributed by atoms with Gasteiger partial charge in [0.2, 0.25) is 17.2 Å². The Labute approximate surface area is 117 Å². The number of aromatic nitrogens is 3. The van der Waals surface area contributed by atoms with E-state index in [4.69, 9.17) is 11.6 Å². The van der Waals surface area contributed by atoms with Crippen LogP contribution in [0.5, 0.6) is 0 Å². The lowest BCUT2D eigenvalue weighted by Crippen LogP contribution is -2.19. The first-order valence-corrected chi connectivity index (χ1v) is 7.72. The SMILES string of the molecule is CCCNc1nc(Cl)nc(NCC2(SC)CC2)n1. The van der Waals surface area contributed by atoms with E-state index >= 15 is 0 Å². The number of thioether (sulfide) groups is 1. The first-order chi connectivity index (χ1) is 8.67. The predicted molar refractivity (Wildman–Crippen MR) is 77.6 cm³/mol. The van der Waals surface area contributed by atoms with Crippen molar-refractivity contribution in [3.63, 3.8) is 0 Å². The lowest BCUT2D eigenvalue weighted by molar-refractivity contribution is 0.904. The molecule has 7 heteroatoms. The Hall–Kier alpha value is -0.750. The molecule has 0 bridgehead atoms. The Kier molecular flexibility index (Phi) is 4.50. The van der Waals surface area contributed by atoms with Crippen LogP contribution in [0.3, 0.4) is 0 Å². The van der Waals surface area contributed by atoms with E-state index in [1.807, 2.05) is 11.8 Å². The van der Waals surface area contributed by atoms with Crippen LogP contribution in [0.15, 0.2) is 0 Å². The highest BCUT2D eigenvalue weighted by Crippen LogP contribution is 2.46. The van der Waals surface area contributed by atoms with Crippen LogP contribution in [0.1, 0.15) is 26.2 Å². The van der Waals surface area contributed by atoms with Gasteiger partial charge in [0.25, 0.3) is 0 Å². The third kappa shape index (κ3) is 3.62. The zero-order valence-electron chi connectivity index (χ0n) is 10.7. The molecule has 0 aromatic carbocycles. The van der Waals surface area contributed by atoms with E-state index in [9.17, 15) is 0 Å². The molecule has 18 heavy (non-hydrogen) atoms. The normalized spacial score (nSPS) is 16.4. The number of rotatable bonds is 7. The molecule has 1 aliphatic carbocycles. The predicted octanol–water partition coefficient (Wildman–Crippen LogP) is 2.65. The minimum absolute atomic E-state index is 0.222. The summed E-state index contributed by atoms with van der Waals surface area (Å²) in [6.07, 6.45) is 5.66. The van der Waals surface area contributed by atoms with Gasteiger partial charge in [0.1, 0.15) is 0 Å². The number of nitrogens with zero attached hydrogens (tertiary/aromatic N) is 3. The number of hydrogen-bond donors (Lipinski definition) is 2. The summed E-state index contributed by atoms with van der Waals surface area (Å²) in [6, 6.07) is 0. The molecule has 1 fully saturated rings. The molecule has 5 nitrogen and oxygen atoms in total. The van der Waals surface area contributed by atoms with Gasteiger partial charge in [-0.25, -0.2) is 0 Å². The highest BCUT2D eigenvalue weighted by molar-refractivity contribution is 8.00. The van der Waals surface area contributed by atoms with Crippen LogP contribution in [-0.4, -0.2) is 39.0 Å². The lowest BCUT2D eigenvalue weighted by Gasteiger charge is -2.13. The smallest absolute Gasteiger partial charge is 0.228 e. The molecule has 0 spiro atoms. The van der Waals surface area contributed by atoms with Crippen molar-refractivity contribution >= 4 is 35.3 Å². The van der Waals surface area contributed by atoms with Gasteiger partial charge in [-0.15, -0.1) is 0 Å². The summed E-state index contributed by atoms with van der Waals surface area (Å²) in [6.45, 7) is 3.79. The van der Waals surface area contributed by atoms with Crippen LogP contribution in [0.2, 0.25) is 5.28 Å². The summed E-state index contributed by atoms with van der Waals surface area (Å²) < 4.78 is 0.371. The molecule has 0 atom stereocenters. The molecule has 1 aliphatic rings. The van der Waals surface area contributed by atoms with E-state index in [-0.39, 0.29) is 5.28 Å². The van der Waals surface area contributed by atoms with Crippen LogP contribution >= 0.6 is 23.4 Å². The van der Waals surface area contributed by atoms with Crippen molar-refractivity contribution in [2.45, 2.75) is 30.9 Å². The Morgan fingerprint density at radius 2 is 1.89 bits per heavy atom. The van der Waals surface area contributed by atoms with Gasteiger partial charge in [-0.1, -0.05) is 6.92 Å². The average molecular weight is 288 g/mol. The second-order valence-corrected chi connectivity index (χ2v) is 6.03. The number of halogens is 1. The summed E-state index contributed by atoms with van der Waals surface area (Å²) in [5.41, 5.74) is 0. The molecule has 0 radical (unpaired) electrons. The first kappa shape index (κ1) is 13.7. The minimum Gasteiger partial charge on any atom is -0.354 e. The zero-order chi connectivity index (χ0) is 13.0. The van der Waals surface area contributed by atoms with Crippen molar-refractivity contribution in [3.05, 3.63) is 5.28 Å². The maximum Gasteiger partial charge on any atom is 0.228 e. The minimum atomic E-state index is 0.222. The molecule has 2 N–H and O–H groups in total. The molecule has 1 saturated carbocycles. The average Bonchev–Trinajstić information content (AvgIpc) is 3.14. The van der Waals surface area contributed by atoms with E-state index in [2.05, 4.69) is 38.8 Å². The van der Waals surface area contributed by atoms with Gasteiger partial charge in [-0.2, -0.15) is 26.7 Å². The molecule has 0 saturated heterocycles. The largest absolute Gasteiger partial charge is 0.354 e. The maximum absolute atomic E-state index is 5.88. The van der Waals surface area contributed by atoms with Crippen LogP contribution in [0.4, 0.5) is 11.9 Å². The molecular weight excluding hydrogens is 270 g/mol. The number of anilines is 2. The molecule has 1 aromatic heterocycles. The second kappa shape index (κ2) is 5.93. The summed E-state index contributed by atoms with van der Waals surface area (Å²) in [5.74, 6) is 1.09. The summed E-state index contributed by atoms with van der Waals surface area (Å²) in [4.78, 5) is 12.4. The van der Waals surface area contributed by atoms with Crippen molar-refractivity contribution in [2.24, 2.45) is 0 Å². The molecule has 100 valence electrons. The fraction of sp³-hybridized carbons (Fsp3) is 0.727.